The van der Waals surface area contributed by atoms with E-state index in [1.165, 1.54) is 0 Å². The summed E-state index contributed by atoms with van der Waals surface area (Å²) >= 11 is 0. The van der Waals surface area contributed by atoms with Gasteiger partial charge in [0.25, 0.3) is 0 Å². The Morgan fingerprint density at radius 2 is 2.05 bits per heavy atom. The Bertz CT molecular complexity index is 327. The Morgan fingerprint density at radius 3 is 2.48 bits per heavy atom. The second kappa shape index (κ2) is 7.98. The Morgan fingerprint density at radius 1 is 1.38 bits per heavy atom. The zero-order valence-electron chi connectivity index (χ0n) is 12.8. The number of alkyl halides is 3. The van der Waals surface area contributed by atoms with Crippen molar-refractivity contribution in [1.82, 2.24) is 10.6 Å². The predicted molar refractivity (Wildman–Crippen MR) is 73.8 cm³/mol. The van der Waals surface area contributed by atoms with Gasteiger partial charge in [0, 0.05) is 13.2 Å². The van der Waals surface area contributed by atoms with Gasteiger partial charge in [-0.05, 0) is 25.7 Å². The summed E-state index contributed by atoms with van der Waals surface area (Å²) in [4.78, 5) is 12.1. The Balaban J connectivity index is 2.45. The molecule has 7 heteroatoms. The van der Waals surface area contributed by atoms with Crippen LogP contribution >= 0.6 is 0 Å². The molecule has 1 rings (SSSR count). The van der Waals surface area contributed by atoms with Crippen molar-refractivity contribution < 1.29 is 22.7 Å². The third-order valence-corrected chi connectivity index (χ3v) is 3.83. The summed E-state index contributed by atoms with van der Waals surface area (Å²) in [6.07, 6.45) is -3.99. The number of hydrogen-bond acceptors (Lipinski definition) is 3. The Hall–Kier alpha value is -0.820. The molecule has 0 aromatic carbocycles. The number of nitrogens with one attached hydrogen (secondary N) is 2. The minimum absolute atomic E-state index is 0.00755. The van der Waals surface area contributed by atoms with Crippen LogP contribution in [-0.2, 0) is 9.53 Å². The molecule has 0 saturated carbocycles. The predicted octanol–water partition coefficient (Wildman–Crippen LogP) is 2.09. The van der Waals surface area contributed by atoms with Crippen LogP contribution < -0.4 is 10.6 Å². The van der Waals surface area contributed by atoms with E-state index in [-0.39, 0.29) is 37.3 Å². The molecule has 1 aliphatic rings. The van der Waals surface area contributed by atoms with E-state index in [2.05, 4.69) is 10.6 Å². The second-order valence-electron chi connectivity index (χ2n) is 5.80. The molecule has 4 nitrogen and oxygen atoms in total. The van der Waals surface area contributed by atoms with Crippen LogP contribution in [0.4, 0.5) is 13.2 Å². The van der Waals surface area contributed by atoms with E-state index < -0.39 is 18.1 Å². The normalized spacial score (nSPS) is 24.9. The largest absolute Gasteiger partial charge is 0.393 e. The molecule has 0 spiro atoms. The van der Waals surface area contributed by atoms with Crippen LogP contribution in [0.1, 0.15) is 33.6 Å². The standard InChI is InChI=1S/C14H25F3N2O2/c1-4-21-8-12(9(2)3)19-13(20)11-6-5-10(7-18-11)14(15,16)17/h9-12,18H,4-8H2,1-3H3,(H,19,20). The zero-order valence-corrected chi connectivity index (χ0v) is 12.8. The number of hydrogen-bond donors (Lipinski definition) is 2. The number of amides is 1. The molecule has 0 aromatic heterocycles. The molecule has 2 N–H and O–H groups in total. The van der Waals surface area contributed by atoms with Crippen LogP contribution in [0.3, 0.4) is 0 Å². The first-order valence-corrected chi connectivity index (χ1v) is 7.43. The molecule has 0 radical (unpaired) electrons. The summed E-state index contributed by atoms with van der Waals surface area (Å²) in [5, 5.41) is 5.57. The summed E-state index contributed by atoms with van der Waals surface area (Å²) in [5.74, 6) is -1.40. The fourth-order valence-corrected chi connectivity index (χ4v) is 2.29. The van der Waals surface area contributed by atoms with Crippen molar-refractivity contribution in [2.24, 2.45) is 11.8 Å². The monoisotopic (exact) mass is 310 g/mol. The molecule has 0 bridgehead atoms. The quantitative estimate of drug-likeness (QED) is 0.790. The van der Waals surface area contributed by atoms with Gasteiger partial charge in [-0.3, -0.25) is 4.79 Å². The third kappa shape index (κ3) is 5.82. The summed E-state index contributed by atoms with van der Waals surface area (Å²) in [7, 11) is 0. The molecule has 3 atom stereocenters. The van der Waals surface area contributed by atoms with Crippen LogP contribution in [-0.4, -0.2) is 43.9 Å². The van der Waals surface area contributed by atoms with Crippen LogP contribution in [0, 0.1) is 11.8 Å². The first-order chi connectivity index (χ1) is 9.75. The van der Waals surface area contributed by atoms with Gasteiger partial charge in [0.2, 0.25) is 5.91 Å². The van der Waals surface area contributed by atoms with E-state index in [0.29, 0.717) is 13.2 Å². The van der Waals surface area contributed by atoms with E-state index in [4.69, 9.17) is 4.74 Å². The lowest BCUT2D eigenvalue weighted by Gasteiger charge is -2.32. The molecule has 1 saturated heterocycles. The highest BCUT2D eigenvalue weighted by molar-refractivity contribution is 5.82. The molecule has 0 aliphatic carbocycles. The van der Waals surface area contributed by atoms with Crippen molar-refractivity contribution in [1.29, 1.82) is 0 Å². The van der Waals surface area contributed by atoms with E-state index >= 15 is 0 Å². The summed E-state index contributed by atoms with van der Waals surface area (Å²) in [6, 6.07) is -0.675. The number of piperidine rings is 1. The van der Waals surface area contributed by atoms with Gasteiger partial charge in [0.1, 0.15) is 0 Å². The molecule has 0 aromatic rings. The fraction of sp³-hybridized carbons (Fsp3) is 0.929. The average Bonchev–Trinajstić information content (AvgIpc) is 2.42. The van der Waals surface area contributed by atoms with Crippen molar-refractivity contribution in [3.05, 3.63) is 0 Å². The van der Waals surface area contributed by atoms with E-state index in [0.717, 1.165) is 0 Å². The maximum Gasteiger partial charge on any atom is 0.393 e. The number of carbonyl (C=O) groups excluding carboxylic acids is 1. The lowest BCUT2D eigenvalue weighted by atomic mass is 9.93. The highest BCUT2D eigenvalue weighted by Gasteiger charge is 2.42. The highest BCUT2D eigenvalue weighted by Crippen LogP contribution is 2.31. The zero-order chi connectivity index (χ0) is 16.0. The van der Waals surface area contributed by atoms with E-state index in [1.54, 1.807) is 0 Å². The van der Waals surface area contributed by atoms with Gasteiger partial charge in [-0.1, -0.05) is 13.8 Å². The van der Waals surface area contributed by atoms with E-state index in [9.17, 15) is 18.0 Å². The molecule has 1 fully saturated rings. The first kappa shape index (κ1) is 18.2. The minimum Gasteiger partial charge on any atom is -0.380 e. The smallest absolute Gasteiger partial charge is 0.380 e. The van der Waals surface area contributed by atoms with Gasteiger partial charge < -0.3 is 15.4 Å². The molecular weight excluding hydrogens is 285 g/mol. The van der Waals surface area contributed by atoms with Gasteiger partial charge in [0.05, 0.1) is 24.6 Å². The summed E-state index contributed by atoms with van der Waals surface area (Å²) in [5.41, 5.74) is 0. The summed E-state index contributed by atoms with van der Waals surface area (Å²) in [6.45, 7) is 6.60. The van der Waals surface area contributed by atoms with Crippen LogP contribution in [0.15, 0.2) is 0 Å². The van der Waals surface area contributed by atoms with Crippen molar-refractivity contribution >= 4 is 5.91 Å². The van der Waals surface area contributed by atoms with Crippen molar-refractivity contribution in [2.45, 2.75) is 51.9 Å². The maximum atomic E-state index is 12.6. The van der Waals surface area contributed by atoms with Gasteiger partial charge in [0.15, 0.2) is 0 Å². The molecule has 21 heavy (non-hydrogen) atoms. The van der Waals surface area contributed by atoms with Crippen molar-refractivity contribution in [3.8, 4) is 0 Å². The first-order valence-electron chi connectivity index (χ1n) is 7.43. The molecule has 3 unspecified atom stereocenters. The van der Waals surface area contributed by atoms with Gasteiger partial charge in [-0.2, -0.15) is 13.2 Å². The molecule has 1 amide bonds. The summed E-state index contributed by atoms with van der Waals surface area (Å²) < 4.78 is 43.0. The maximum absolute atomic E-state index is 12.6. The van der Waals surface area contributed by atoms with Gasteiger partial charge >= 0.3 is 6.18 Å². The number of carbonyl (C=O) groups is 1. The molecule has 1 aliphatic heterocycles. The van der Waals surface area contributed by atoms with Gasteiger partial charge in [-0.25, -0.2) is 0 Å². The van der Waals surface area contributed by atoms with Crippen molar-refractivity contribution in [3.63, 3.8) is 0 Å². The number of halogens is 3. The third-order valence-electron chi connectivity index (χ3n) is 3.83. The van der Waals surface area contributed by atoms with Crippen LogP contribution in [0.2, 0.25) is 0 Å². The van der Waals surface area contributed by atoms with Gasteiger partial charge in [-0.15, -0.1) is 0 Å². The number of ether oxygens (including phenoxy) is 1. The topological polar surface area (TPSA) is 50.4 Å². The second-order valence-corrected chi connectivity index (χ2v) is 5.80. The lowest BCUT2D eigenvalue weighted by Crippen LogP contribution is -2.54. The average molecular weight is 310 g/mol. The Kier molecular flexibility index (Phi) is 6.93. The van der Waals surface area contributed by atoms with E-state index in [1.807, 2.05) is 20.8 Å². The molecule has 124 valence electrons. The Labute approximate surface area is 123 Å². The molecule has 1 heterocycles. The van der Waals surface area contributed by atoms with Crippen molar-refractivity contribution in [2.75, 3.05) is 19.8 Å². The van der Waals surface area contributed by atoms with Crippen LogP contribution in [0.25, 0.3) is 0 Å². The minimum atomic E-state index is -4.19. The molecular formula is C14H25F3N2O2. The lowest BCUT2D eigenvalue weighted by molar-refractivity contribution is -0.180. The van der Waals surface area contributed by atoms with Crippen LogP contribution in [0.5, 0.6) is 0 Å². The fourth-order valence-electron chi connectivity index (χ4n) is 2.29. The SMILES string of the molecule is CCOCC(NC(=O)C1CCC(C(F)(F)F)CN1)C(C)C. The highest BCUT2D eigenvalue weighted by atomic mass is 19.4. The number of rotatable bonds is 6.